The third-order valence-corrected chi connectivity index (χ3v) is 8.71. The average Bonchev–Trinajstić information content (AvgIpc) is 3.29. The molecule has 0 saturated heterocycles. The molecule has 1 unspecified atom stereocenters. The highest BCUT2D eigenvalue weighted by Gasteiger charge is 2.36. The van der Waals surface area contributed by atoms with Crippen LogP contribution in [0.1, 0.15) is 65.3 Å². The lowest BCUT2D eigenvalue weighted by atomic mass is 9.84. The van der Waals surface area contributed by atoms with Crippen molar-refractivity contribution in [2.75, 3.05) is 0 Å². The van der Waals surface area contributed by atoms with Crippen LogP contribution >= 0.6 is 15.9 Å². The van der Waals surface area contributed by atoms with E-state index in [4.69, 9.17) is 9.72 Å². The first-order chi connectivity index (χ1) is 20.8. The van der Waals surface area contributed by atoms with Crippen LogP contribution in [-0.4, -0.2) is 52.3 Å². The molecule has 1 saturated carbocycles. The van der Waals surface area contributed by atoms with Crippen molar-refractivity contribution >= 4 is 21.8 Å². The van der Waals surface area contributed by atoms with Gasteiger partial charge in [-0.3, -0.25) is 9.59 Å². The van der Waals surface area contributed by atoms with Crippen molar-refractivity contribution in [1.82, 2.24) is 34.2 Å². The van der Waals surface area contributed by atoms with Crippen molar-refractivity contribution in [3.63, 3.8) is 0 Å². The summed E-state index contributed by atoms with van der Waals surface area (Å²) in [4.78, 5) is 42.7. The van der Waals surface area contributed by atoms with Gasteiger partial charge in [0.15, 0.2) is 5.75 Å². The zero-order valence-corrected chi connectivity index (χ0v) is 26.0. The number of aromatic nitrogens is 6. The third-order valence-electron chi connectivity index (χ3n) is 8.02. The van der Waals surface area contributed by atoms with E-state index in [-0.39, 0.29) is 41.0 Å². The van der Waals surface area contributed by atoms with Crippen LogP contribution in [0.5, 0.6) is 5.75 Å². The Balaban J connectivity index is 1.39. The number of hydrogen-bond acceptors (Lipinski definition) is 7. The highest BCUT2D eigenvalue weighted by Crippen LogP contribution is 2.36. The zero-order valence-electron chi connectivity index (χ0n) is 24.4. The van der Waals surface area contributed by atoms with Crippen molar-refractivity contribution < 1.29 is 22.7 Å². The SMILES string of the molecule is Cc1cc(C)n(-c2nc3c(c(=O)n2-c2ncc(O[C@H]4C[C@H](C)C4)cn2)CC(C)N(C(=O)c2ccc(Br)c(C(F)(F)F)c2)C3)n1. The van der Waals surface area contributed by atoms with E-state index in [0.29, 0.717) is 34.3 Å². The highest BCUT2D eigenvalue weighted by atomic mass is 79.9. The number of ether oxygens (including phenoxy) is 1. The summed E-state index contributed by atoms with van der Waals surface area (Å²) in [5.41, 5.74) is 0.615. The zero-order chi connectivity index (χ0) is 31.5. The summed E-state index contributed by atoms with van der Waals surface area (Å²) in [5.74, 6) is 0.736. The number of benzene rings is 1. The summed E-state index contributed by atoms with van der Waals surface area (Å²) in [6, 6.07) is 4.71. The fourth-order valence-corrected chi connectivity index (χ4v) is 6.19. The minimum atomic E-state index is -4.64. The number of nitrogens with zero attached hydrogens (tertiary/aromatic N) is 7. The van der Waals surface area contributed by atoms with Gasteiger partial charge in [0.05, 0.1) is 42.0 Å². The van der Waals surface area contributed by atoms with E-state index in [9.17, 15) is 22.8 Å². The molecule has 0 radical (unpaired) electrons. The largest absolute Gasteiger partial charge is 0.487 e. The molecule has 1 aliphatic carbocycles. The van der Waals surface area contributed by atoms with E-state index in [0.717, 1.165) is 18.9 Å². The molecular formula is C30H29BrF3N7O3. The van der Waals surface area contributed by atoms with Gasteiger partial charge in [0.2, 0.25) is 11.9 Å². The number of aryl methyl sites for hydroxylation is 2. The predicted octanol–water partition coefficient (Wildman–Crippen LogP) is 5.37. The summed E-state index contributed by atoms with van der Waals surface area (Å²) < 4.78 is 49.2. The molecule has 44 heavy (non-hydrogen) atoms. The van der Waals surface area contributed by atoms with Gasteiger partial charge in [0.25, 0.3) is 11.5 Å². The number of rotatable bonds is 5. The lowest BCUT2D eigenvalue weighted by molar-refractivity contribution is -0.138. The summed E-state index contributed by atoms with van der Waals surface area (Å²) in [5, 5.41) is 4.52. The predicted molar refractivity (Wildman–Crippen MR) is 157 cm³/mol. The van der Waals surface area contributed by atoms with Crippen molar-refractivity contribution in [3.05, 3.63) is 85.3 Å². The highest BCUT2D eigenvalue weighted by molar-refractivity contribution is 9.10. The van der Waals surface area contributed by atoms with Gasteiger partial charge in [-0.05, 0) is 70.2 Å². The minimum absolute atomic E-state index is 0.0808. The van der Waals surface area contributed by atoms with Crippen molar-refractivity contribution in [2.45, 2.75) is 71.8 Å². The Morgan fingerprint density at radius 1 is 1.09 bits per heavy atom. The van der Waals surface area contributed by atoms with E-state index < -0.39 is 29.2 Å². The molecule has 0 N–H and O–H groups in total. The standard InChI is InChI=1S/C30H29BrF3N7O3/c1-15-7-20(8-15)44-21-12-35-28(36-13-21)40-27(43)22-10-17(3)39(14-25(22)37-29(40)41-18(4)9-16(2)38-41)26(42)19-5-6-24(31)23(11-19)30(32,33)34/h5-6,9,11-13,15,17,20H,7-8,10,14H2,1-4H3/t15-,17?,20-. The maximum absolute atomic E-state index is 14.1. The van der Waals surface area contributed by atoms with Crippen LogP contribution in [0.3, 0.4) is 0 Å². The van der Waals surface area contributed by atoms with Crippen LogP contribution in [0.4, 0.5) is 13.2 Å². The van der Waals surface area contributed by atoms with Crippen LogP contribution in [0.25, 0.3) is 11.9 Å². The summed E-state index contributed by atoms with van der Waals surface area (Å²) in [6.07, 6.45) is 0.578. The Kier molecular flexibility index (Phi) is 7.58. The molecule has 4 heterocycles. The lowest BCUT2D eigenvalue weighted by Gasteiger charge is -2.34. The van der Waals surface area contributed by atoms with E-state index in [1.54, 1.807) is 6.92 Å². The van der Waals surface area contributed by atoms with Crippen LogP contribution in [0, 0.1) is 19.8 Å². The lowest BCUT2D eigenvalue weighted by Crippen LogP contribution is -2.46. The molecule has 1 amide bonds. The second-order valence-electron chi connectivity index (χ2n) is 11.5. The normalized spacial score (nSPS) is 19.8. The van der Waals surface area contributed by atoms with Gasteiger partial charge in [0.1, 0.15) is 0 Å². The molecule has 1 fully saturated rings. The molecule has 10 nitrogen and oxygen atoms in total. The Bertz CT molecular complexity index is 1810. The number of carbonyl (C=O) groups excluding carboxylic acids is 1. The van der Waals surface area contributed by atoms with Crippen molar-refractivity contribution in [1.29, 1.82) is 0 Å². The number of carbonyl (C=O) groups is 1. The molecule has 1 aliphatic heterocycles. The Hall–Kier alpha value is -4.07. The first kappa shape index (κ1) is 30.0. The summed E-state index contributed by atoms with van der Waals surface area (Å²) in [6.45, 7) is 7.45. The monoisotopic (exact) mass is 671 g/mol. The first-order valence-electron chi connectivity index (χ1n) is 14.2. The molecule has 6 rings (SSSR count). The average molecular weight is 673 g/mol. The third kappa shape index (κ3) is 5.51. The van der Waals surface area contributed by atoms with Crippen LogP contribution in [0.15, 0.2) is 45.9 Å². The van der Waals surface area contributed by atoms with Crippen LogP contribution in [-0.2, 0) is 19.1 Å². The van der Waals surface area contributed by atoms with Gasteiger partial charge in [-0.1, -0.05) is 22.9 Å². The van der Waals surface area contributed by atoms with E-state index in [1.165, 1.54) is 38.7 Å². The number of halogens is 4. The second kappa shape index (κ2) is 11.1. The second-order valence-corrected chi connectivity index (χ2v) is 12.4. The molecule has 1 atom stereocenters. The topological polar surface area (TPSA) is 108 Å². The fourth-order valence-electron chi connectivity index (χ4n) is 5.72. The fraction of sp³-hybridized carbons (Fsp3) is 0.400. The van der Waals surface area contributed by atoms with Crippen molar-refractivity contribution in [3.8, 4) is 17.6 Å². The summed E-state index contributed by atoms with van der Waals surface area (Å²) in [7, 11) is 0. The van der Waals surface area contributed by atoms with Gasteiger partial charge < -0.3 is 9.64 Å². The molecular weight excluding hydrogens is 643 g/mol. The molecule has 4 aromatic rings. The quantitative estimate of drug-likeness (QED) is 0.281. The Morgan fingerprint density at radius 3 is 2.41 bits per heavy atom. The molecule has 0 spiro atoms. The summed E-state index contributed by atoms with van der Waals surface area (Å²) >= 11 is 2.92. The van der Waals surface area contributed by atoms with Gasteiger partial charge >= 0.3 is 6.18 Å². The number of hydrogen-bond donors (Lipinski definition) is 0. The van der Waals surface area contributed by atoms with Gasteiger partial charge in [-0.25, -0.2) is 24.2 Å². The van der Waals surface area contributed by atoms with Crippen LogP contribution in [0.2, 0.25) is 0 Å². The molecule has 2 aliphatic rings. The number of alkyl halides is 3. The van der Waals surface area contributed by atoms with E-state index in [1.807, 2.05) is 19.9 Å². The molecule has 14 heteroatoms. The number of amides is 1. The van der Waals surface area contributed by atoms with Gasteiger partial charge in [0, 0.05) is 27.3 Å². The minimum Gasteiger partial charge on any atom is -0.487 e. The number of fused-ring (bicyclic) bond motifs is 1. The maximum Gasteiger partial charge on any atom is 0.417 e. The Labute approximate surface area is 259 Å². The van der Waals surface area contributed by atoms with Crippen LogP contribution < -0.4 is 10.3 Å². The molecule has 0 bridgehead atoms. The molecule has 230 valence electrons. The smallest absolute Gasteiger partial charge is 0.417 e. The van der Waals surface area contributed by atoms with Gasteiger partial charge in [-0.15, -0.1) is 0 Å². The van der Waals surface area contributed by atoms with E-state index in [2.05, 4.69) is 37.9 Å². The van der Waals surface area contributed by atoms with Crippen molar-refractivity contribution in [2.24, 2.45) is 5.92 Å². The van der Waals surface area contributed by atoms with E-state index >= 15 is 0 Å². The molecule has 3 aromatic heterocycles. The Morgan fingerprint density at radius 2 is 1.80 bits per heavy atom. The first-order valence-corrected chi connectivity index (χ1v) is 14.9. The van der Waals surface area contributed by atoms with Gasteiger partial charge in [-0.2, -0.15) is 18.3 Å². The maximum atomic E-state index is 14.1. The molecule has 1 aromatic carbocycles.